The Morgan fingerprint density at radius 1 is 1.00 bits per heavy atom. The molecule has 0 amide bonds. The van der Waals surface area contributed by atoms with Gasteiger partial charge in [-0.2, -0.15) is 15.0 Å². The number of benzene rings is 2. The Balaban J connectivity index is 1.94. The predicted molar refractivity (Wildman–Crippen MR) is 79.5 cm³/mol. The van der Waals surface area contributed by atoms with Crippen molar-refractivity contribution < 1.29 is 4.74 Å². The summed E-state index contributed by atoms with van der Waals surface area (Å²) in [5, 5.41) is 3.00. The maximum Gasteiger partial charge on any atom is 0.321 e. The molecule has 0 bridgehead atoms. The SMILES string of the molecule is COc1nc(Cl)nc(Sc2ccc3ccccc3c2)n1. The first-order chi connectivity index (χ1) is 9.74. The highest BCUT2D eigenvalue weighted by Gasteiger charge is 2.07. The van der Waals surface area contributed by atoms with E-state index in [-0.39, 0.29) is 11.3 Å². The van der Waals surface area contributed by atoms with E-state index in [1.807, 2.05) is 18.2 Å². The third-order valence-electron chi connectivity index (χ3n) is 2.68. The number of hydrogen-bond donors (Lipinski definition) is 0. The fourth-order valence-corrected chi connectivity index (χ4v) is 2.78. The zero-order valence-electron chi connectivity index (χ0n) is 10.6. The van der Waals surface area contributed by atoms with Crippen LogP contribution in [0.2, 0.25) is 5.28 Å². The third kappa shape index (κ3) is 2.84. The van der Waals surface area contributed by atoms with Crippen LogP contribution in [0.4, 0.5) is 0 Å². The normalized spacial score (nSPS) is 10.7. The summed E-state index contributed by atoms with van der Waals surface area (Å²) in [6, 6.07) is 14.6. The van der Waals surface area contributed by atoms with Crippen LogP contribution in [0.15, 0.2) is 52.5 Å². The van der Waals surface area contributed by atoms with E-state index in [0.29, 0.717) is 5.16 Å². The zero-order valence-corrected chi connectivity index (χ0v) is 12.1. The second-order valence-electron chi connectivity index (χ2n) is 3.98. The molecule has 0 aliphatic heterocycles. The Morgan fingerprint density at radius 3 is 2.60 bits per heavy atom. The van der Waals surface area contributed by atoms with Crippen LogP contribution in [-0.4, -0.2) is 22.1 Å². The predicted octanol–water partition coefficient (Wildman–Crippen LogP) is 3.84. The van der Waals surface area contributed by atoms with Crippen LogP contribution in [0.3, 0.4) is 0 Å². The topological polar surface area (TPSA) is 47.9 Å². The highest BCUT2D eigenvalue weighted by molar-refractivity contribution is 7.99. The third-order valence-corrected chi connectivity index (χ3v) is 3.70. The van der Waals surface area contributed by atoms with Crippen molar-refractivity contribution >= 4 is 34.1 Å². The number of rotatable bonds is 3. The van der Waals surface area contributed by atoms with E-state index in [9.17, 15) is 0 Å². The lowest BCUT2D eigenvalue weighted by Gasteiger charge is -2.04. The molecule has 0 atom stereocenters. The second-order valence-corrected chi connectivity index (χ2v) is 5.36. The van der Waals surface area contributed by atoms with E-state index in [1.54, 1.807) is 0 Å². The fourth-order valence-electron chi connectivity index (χ4n) is 1.79. The minimum absolute atomic E-state index is 0.125. The molecule has 1 aromatic heterocycles. The molecule has 0 fully saturated rings. The molecule has 3 aromatic rings. The molecule has 0 radical (unpaired) electrons. The van der Waals surface area contributed by atoms with E-state index in [0.717, 1.165) is 4.90 Å². The molecule has 0 spiro atoms. The van der Waals surface area contributed by atoms with Crippen LogP contribution in [0, 0.1) is 0 Å². The van der Waals surface area contributed by atoms with E-state index < -0.39 is 0 Å². The van der Waals surface area contributed by atoms with Crippen LogP contribution in [0.1, 0.15) is 0 Å². The van der Waals surface area contributed by atoms with Crippen LogP contribution in [0.25, 0.3) is 10.8 Å². The summed E-state index contributed by atoms with van der Waals surface area (Å²) in [5.74, 6) is 0. The van der Waals surface area contributed by atoms with Gasteiger partial charge < -0.3 is 4.74 Å². The smallest absolute Gasteiger partial charge is 0.321 e. The molecule has 3 rings (SSSR count). The molecule has 20 heavy (non-hydrogen) atoms. The number of hydrogen-bond acceptors (Lipinski definition) is 5. The molecule has 0 saturated heterocycles. The largest absolute Gasteiger partial charge is 0.467 e. The first kappa shape index (κ1) is 13.1. The van der Waals surface area contributed by atoms with Gasteiger partial charge in [-0.1, -0.05) is 30.3 Å². The molecule has 4 nitrogen and oxygen atoms in total. The van der Waals surface area contributed by atoms with E-state index >= 15 is 0 Å². The van der Waals surface area contributed by atoms with Gasteiger partial charge in [-0.3, -0.25) is 0 Å². The van der Waals surface area contributed by atoms with Gasteiger partial charge in [0.25, 0.3) is 0 Å². The summed E-state index contributed by atoms with van der Waals surface area (Å²) < 4.78 is 4.98. The van der Waals surface area contributed by atoms with Gasteiger partial charge in [0.1, 0.15) is 0 Å². The number of nitrogens with zero attached hydrogens (tertiary/aromatic N) is 3. The molecule has 6 heteroatoms. The molecule has 1 heterocycles. The molecular formula is C14H10ClN3OS. The molecule has 100 valence electrons. The van der Waals surface area contributed by atoms with Crippen molar-refractivity contribution in [2.24, 2.45) is 0 Å². The minimum Gasteiger partial charge on any atom is -0.467 e. The van der Waals surface area contributed by atoms with Crippen molar-refractivity contribution in [3.05, 3.63) is 47.7 Å². The van der Waals surface area contributed by atoms with Gasteiger partial charge in [0.05, 0.1) is 7.11 Å². The molecule has 0 N–H and O–H groups in total. The standard InChI is InChI=1S/C14H10ClN3OS/c1-19-13-16-12(15)17-14(18-13)20-11-7-6-9-4-2-3-5-10(9)8-11/h2-8H,1H3. The van der Waals surface area contributed by atoms with Gasteiger partial charge in [0, 0.05) is 4.90 Å². The lowest BCUT2D eigenvalue weighted by molar-refractivity contribution is 0.373. The number of fused-ring (bicyclic) bond motifs is 1. The Bertz CT molecular complexity index is 766. The molecule has 0 saturated carbocycles. The molecule has 0 aliphatic carbocycles. The van der Waals surface area contributed by atoms with Crippen molar-refractivity contribution in [2.45, 2.75) is 10.1 Å². The van der Waals surface area contributed by atoms with Crippen molar-refractivity contribution in [3.8, 4) is 6.01 Å². The van der Waals surface area contributed by atoms with Gasteiger partial charge in [-0.15, -0.1) is 0 Å². The number of halogens is 1. The van der Waals surface area contributed by atoms with Crippen LogP contribution in [-0.2, 0) is 0 Å². The van der Waals surface area contributed by atoms with Crippen molar-refractivity contribution in [1.29, 1.82) is 0 Å². The summed E-state index contributed by atoms with van der Waals surface area (Å²) in [4.78, 5) is 13.1. The lowest BCUT2D eigenvalue weighted by Crippen LogP contribution is -1.96. The Kier molecular flexibility index (Phi) is 3.71. The summed E-state index contributed by atoms with van der Waals surface area (Å²) in [5.41, 5.74) is 0. The highest BCUT2D eigenvalue weighted by atomic mass is 35.5. The minimum atomic E-state index is 0.125. The first-order valence-electron chi connectivity index (χ1n) is 5.87. The van der Waals surface area contributed by atoms with E-state index in [4.69, 9.17) is 16.3 Å². The van der Waals surface area contributed by atoms with Crippen LogP contribution < -0.4 is 4.74 Å². The van der Waals surface area contributed by atoms with E-state index in [1.165, 1.54) is 29.6 Å². The van der Waals surface area contributed by atoms with Gasteiger partial charge in [0.2, 0.25) is 5.28 Å². The van der Waals surface area contributed by atoms with Crippen LogP contribution in [0.5, 0.6) is 6.01 Å². The van der Waals surface area contributed by atoms with Crippen molar-refractivity contribution in [1.82, 2.24) is 15.0 Å². The highest BCUT2D eigenvalue weighted by Crippen LogP contribution is 2.29. The Hall–Kier alpha value is -1.85. The summed E-state index contributed by atoms with van der Waals surface area (Å²) >= 11 is 7.25. The molecule has 0 aliphatic rings. The molecule has 2 aromatic carbocycles. The summed E-state index contributed by atoms with van der Waals surface area (Å²) in [7, 11) is 1.50. The first-order valence-corrected chi connectivity index (χ1v) is 7.06. The summed E-state index contributed by atoms with van der Waals surface area (Å²) in [6.45, 7) is 0. The number of methoxy groups -OCH3 is 1. The monoisotopic (exact) mass is 303 g/mol. The summed E-state index contributed by atoms with van der Waals surface area (Å²) in [6.07, 6.45) is 0. The van der Waals surface area contributed by atoms with Gasteiger partial charge in [-0.05, 0) is 46.3 Å². The zero-order chi connectivity index (χ0) is 13.9. The quantitative estimate of drug-likeness (QED) is 0.736. The molecular weight excluding hydrogens is 294 g/mol. The number of ether oxygens (including phenoxy) is 1. The van der Waals surface area contributed by atoms with Crippen molar-refractivity contribution in [2.75, 3.05) is 7.11 Å². The van der Waals surface area contributed by atoms with Gasteiger partial charge >= 0.3 is 6.01 Å². The van der Waals surface area contributed by atoms with E-state index in [2.05, 4.69) is 39.2 Å². The van der Waals surface area contributed by atoms with Gasteiger partial charge in [-0.25, -0.2) is 0 Å². The Labute approximate surface area is 125 Å². The number of aromatic nitrogens is 3. The average molecular weight is 304 g/mol. The maximum absolute atomic E-state index is 5.83. The van der Waals surface area contributed by atoms with Crippen molar-refractivity contribution in [3.63, 3.8) is 0 Å². The fraction of sp³-hybridized carbons (Fsp3) is 0.0714. The Morgan fingerprint density at radius 2 is 1.80 bits per heavy atom. The molecule has 0 unspecified atom stereocenters. The maximum atomic E-state index is 5.83. The second kappa shape index (κ2) is 5.64. The average Bonchev–Trinajstić information content (AvgIpc) is 2.46. The lowest BCUT2D eigenvalue weighted by atomic mass is 10.1. The van der Waals surface area contributed by atoms with Crippen LogP contribution >= 0.6 is 23.4 Å². The van der Waals surface area contributed by atoms with Gasteiger partial charge in [0.15, 0.2) is 5.16 Å².